The van der Waals surface area contributed by atoms with Crippen LogP contribution < -0.4 is 5.73 Å². The maximum atomic E-state index is 9.82. The van der Waals surface area contributed by atoms with Crippen molar-refractivity contribution >= 4 is 16.6 Å². The summed E-state index contributed by atoms with van der Waals surface area (Å²) in [7, 11) is 0. The highest BCUT2D eigenvalue weighted by Gasteiger charge is 2.13. The molecule has 3 rings (SSSR count). The Kier molecular flexibility index (Phi) is 3.58. The largest absolute Gasteiger partial charge is 0.398 e. The van der Waals surface area contributed by atoms with E-state index in [1.54, 1.807) is 26.2 Å². The maximum absolute atomic E-state index is 9.82. The molecule has 0 fully saturated rings. The topological polar surface area (TPSA) is 77.0 Å². The number of nitrogen functional groups attached to an aromatic ring is 1. The number of fused-ring (bicyclic) bond motifs is 1. The van der Waals surface area contributed by atoms with Crippen LogP contribution in [0.3, 0.4) is 0 Å². The van der Waals surface area contributed by atoms with E-state index >= 15 is 0 Å². The van der Waals surface area contributed by atoms with Gasteiger partial charge in [-0.3, -0.25) is 9.67 Å². The summed E-state index contributed by atoms with van der Waals surface area (Å²) < 4.78 is 1.86. The molecule has 5 nitrogen and oxygen atoms in total. The second kappa shape index (κ2) is 5.42. The number of aliphatic hydroxyl groups is 1. The average molecular weight is 296 g/mol. The van der Waals surface area contributed by atoms with Gasteiger partial charge in [-0.05, 0) is 38.5 Å². The summed E-state index contributed by atoms with van der Waals surface area (Å²) >= 11 is 0. The highest BCUT2D eigenvalue weighted by Crippen LogP contribution is 2.29. The molecule has 0 amide bonds. The van der Waals surface area contributed by atoms with Crippen LogP contribution in [0.25, 0.3) is 22.0 Å². The molecule has 0 saturated carbocycles. The molecule has 0 spiro atoms. The van der Waals surface area contributed by atoms with Gasteiger partial charge in [-0.25, -0.2) is 0 Å². The second-order valence-corrected chi connectivity index (χ2v) is 6.19. The summed E-state index contributed by atoms with van der Waals surface area (Å²) in [6, 6.07) is 7.80. The van der Waals surface area contributed by atoms with Gasteiger partial charge in [0.15, 0.2) is 0 Å². The van der Waals surface area contributed by atoms with Crippen molar-refractivity contribution in [3.8, 4) is 11.1 Å². The Labute approximate surface area is 129 Å². The number of nitrogens with two attached hydrogens (primary N) is 1. The molecular formula is C17H20N4O. The van der Waals surface area contributed by atoms with Crippen LogP contribution in [0.2, 0.25) is 0 Å². The molecule has 22 heavy (non-hydrogen) atoms. The molecule has 5 heteroatoms. The summed E-state index contributed by atoms with van der Waals surface area (Å²) in [5.74, 6) is 0. The van der Waals surface area contributed by atoms with Crippen LogP contribution in [0, 0.1) is 0 Å². The van der Waals surface area contributed by atoms with Crippen LogP contribution >= 0.6 is 0 Å². The van der Waals surface area contributed by atoms with Crippen LogP contribution in [-0.4, -0.2) is 25.5 Å². The molecule has 2 aromatic heterocycles. The van der Waals surface area contributed by atoms with Gasteiger partial charge in [0.05, 0.1) is 11.1 Å². The minimum absolute atomic E-state index is 0.645. The predicted molar refractivity (Wildman–Crippen MR) is 88.3 cm³/mol. The van der Waals surface area contributed by atoms with E-state index in [0.717, 1.165) is 22.0 Å². The molecule has 0 unspecified atom stereocenters. The van der Waals surface area contributed by atoms with E-state index < -0.39 is 5.60 Å². The summed E-state index contributed by atoms with van der Waals surface area (Å²) in [6.07, 6.45) is 6.14. The van der Waals surface area contributed by atoms with Crippen molar-refractivity contribution in [3.63, 3.8) is 0 Å². The minimum atomic E-state index is -0.696. The van der Waals surface area contributed by atoms with Gasteiger partial charge in [0.25, 0.3) is 0 Å². The fourth-order valence-corrected chi connectivity index (χ4v) is 2.42. The molecule has 0 aliphatic rings. The number of hydrogen-bond donors (Lipinski definition) is 2. The number of rotatable bonds is 4. The van der Waals surface area contributed by atoms with Crippen molar-refractivity contribution in [3.05, 3.63) is 42.9 Å². The average Bonchev–Trinajstić information content (AvgIpc) is 2.86. The molecule has 0 saturated heterocycles. The third-order valence-electron chi connectivity index (χ3n) is 3.65. The van der Waals surface area contributed by atoms with Crippen LogP contribution in [0.5, 0.6) is 0 Å². The number of hydrogen-bond acceptors (Lipinski definition) is 4. The lowest BCUT2D eigenvalue weighted by atomic mass is 10.0. The zero-order chi connectivity index (χ0) is 15.7. The quantitative estimate of drug-likeness (QED) is 0.726. The van der Waals surface area contributed by atoms with E-state index in [0.29, 0.717) is 18.7 Å². The van der Waals surface area contributed by atoms with E-state index in [9.17, 15) is 5.11 Å². The van der Waals surface area contributed by atoms with Crippen LogP contribution in [0.4, 0.5) is 5.69 Å². The third kappa shape index (κ3) is 3.09. The first kappa shape index (κ1) is 14.5. The molecule has 1 aromatic carbocycles. The van der Waals surface area contributed by atoms with Gasteiger partial charge >= 0.3 is 0 Å². The van der Waals surface area contributed by atoms with Gasteiger partial charge < -0.3 is 10.8 Å². The third-order valence-corrected chi connectivity index (χ3v) is 3.65. The Morgan fingerprint density at radius 3 is 2.82 bits per heavy atom. The molecule has 0 atom stereocenters. The number of nitrogens with zero attached hydrogens (tertiary/aromatic N) is 3. The van der Waals surface area contributed by atoms with Crippen molar-refractivity contribution in [2.75, 3.05) is 5.73 Å². The Morgan fingerprint density at radius 1 is 1.32 bits per heavy atom. The zero-order valence-electron chi connectivity index (χ0n) is 12.8. The van der Waals surface area contributed by atoms with Crippen molar-refractivity contribution < 1.29 is 5.11 Å². The van der Waals surface area contributed by atoms with Crippen LogP contribution in [0.1, 0.15) is 20.3 Å². The van der Waals surface area contributed by atoms with E-state index in [4.69, 9.17) is 5.73 Å². The highest BCUT2D eigenvalue weighted by atomic mass is 16.3. The lowest BCUT2D eigenvalue weighted by Gasteiger charge is -2.16. The minimum Gasteiger partial charge on any atom is -0.398 e. The Bertz CT molecular complexity index is 788. The van der Waals surface area contributed by atoms with Crippen molar-refractivity contribution in [2.45, 2.75) is 32.4 Å². The van der Waals surface area contributed by atoms with Crippen molar-refractivity contribution in [2.24, 2.45) is 0 Å². The molecule has 3 N–H and O–H groups in total. The van der Waals surface area contributed by atoms with E-state index in [1.807, 2.05) is 35.1 Å². The summed E-state index contributed by atoms with van der Waals surface area (Å²) in [6.45, 7) is 4.27. The first-order chi connectivity index (χ1) is 10.4. The summed E-state index contributed by atoms with van der Waals surface area (Å²) in [5.41, 5.74) is 8.99. The number of benzene rings is 1. The standard InChI is InChI=1S/C17H20N4O/c1-17(2,22)5-7-21-11-13-8-15(18)14(9-16(13)20-21)12-4-3-6-19-10-12/h3-4,6,8-11,22H,5,7,18H2,1-2H3. The number of aryl methyl sites for hydroxylation is 1. The fourth-order valence-electron chi connectivity index (χ4n) is 2.42. The summed E-state index contributed by atoms with van der Waals surface area (Å²) in [4.78, 5) is 4.13. The van der Waals surface area contributed by atoms with Crippen LogP contribution in [-0.2, 0) is 6.54 Å². The molecule has 0 radical (unpaired) electrons. The molecule has 0 aliphatic heterocycles. The van der Waals surface area contributed by atoms with Gasteiger partial charge in [0.1, 0.15) is 0 Å². The van der Waals surface area contributed by atoms with Gasteiger partial charge in [-0.15, -0.1) is 0 Å². The second-order valence-electron chi connectivity index (χ2n) is 6.19. The van der Waals surface area contributed by atoms with Gasteiger partial charge in [0, 0.05) is 47.3 Å². The first-order valence-corrected chi connectivity index (χ1v) is 7.32. The molecular weight excluding hydrogens is 276 g/mol. The molecule has 0 bridgehead atoms. The smallest absolute Gasteiger partial charge is 0.0931 e. The number of anilines is 1. The highest BCUT2D eigenvalue weighted by molar-refractivity contribution is 5.91. The van der Waals surface area contributed by atoms with E-state index in [2.05, 4.69) is 10.1 Å². The lowest BCUT2D eigenvalue weighted by Crippen LogP contribution is -2.21. The Hall–Kier alpha value is -2.40. The Morgan fingerprint density at radius 2 is 2.14 bits per heavy atom. The van der Waals surface area contributed by atoms with E-state index in [1.165, 1.54) is 0 Å². The lowest BCUT2D eigenvalue weighted by molar-refractivity contribution is 0.0651. The fraction of sp³-hybridized carbons (Fsp3) is 0.294. The van der Waals surface area contributed by atoms with Gasteiger partial charge in [-0.1, -0.05) is 6.07 Å². The molecule has 2 heterocycles. The molecule has 3 aromatic rings. The molecule has 114 valence electrons. The predicted octanol–water partition coefficient (Wildman–Crippen LogP) is 2.84. The van der Waals surface area contributed by atoms with E-state index in [-0.39, 0.29) is 0 Å². The van der Waals surface area contributed by atoms with Crippen LogP contribution in [0.15, 0.2) is 42.9 Å². The first-order valence-electron chi connectivity index (χ1n) is 7.32. The monoisotopic (exact) mass is 296 g/mol. The summed E-state index contributed by atoms with van der Waals surface area (Å²) in [5, 5.41) is 15.4. The van der Waals surface area contributed by atoms with Gasteiger partial charge in [-0.2, -0.15) is 5.10 Å². The van der Waals surface area contributed by atoms with Crippen molar-refractivity contribution in [1.82, 2.24) is 14.8 Å². The molecule has 0 aliphatic carbocycles. The number of aromatic nitrogens is 3. The van der Waals surface area contributed by atoms with Crippen molar-refractivity contribution in [1.29, 1.82) is 0 Å². The SMILES string of the molecule is CC(C)(O)CCn1cc2cc(N)c(-c3cccnc3)cc2n1. The number of pyridine rings is 1. The maximum Gasteiger partial charge on any atom is 0.0931 e. The Balaban J connectivity index is 1.96. The van der Waals surface area contributed by atoms with Gasteiger partial charge in [0.2, 0.25) is 0 Å². The zero-order valence-corrected chi connectivity index (χ0v) is 12.8. The normalized spacial score (nSPS) is 12.0.